The number of hydrogen-bond acceptors (Lipinski definition) is 4. The number of fused-ring (bicyclic) bond motifs is 1. The Hall–Kier alpha value is -2.57. The molecule has 1 spiro atoms. The van der Waals surface area contributed by atoms with Gasteiger partial charge in [-0.1, -0.05) is 19.4 Å². The standard InChI is InChI=1S/C20H26N4O3/c1-3-6-15(2)24-14-20(27-19(24)26)8-11-22(12-9-20)18(25)16-13-23-10-5-4-7-17(23)21-16/h4-5,7,10,13,15H,3,6,8-9,11-12,14H2,1-2H3. The molecule has 2 fully saturated rings. The molecule has 0 bridgehead atoms. The Morgan fingerprint density at radius 2 is 2.11 bits per heavy atom. The first-order valence-electron chi connectivity index (χ1n) is 9.74. The van der Waals surface area contributed by atoms with E-state index < -0.39 is 5.60 Å². The smallest absolute Gasteiger partial charge is 0.410 e. The summed E-state index contributed by atoms with van der Waals surface area (Å²) in [6.45, 7) is 5.98. The summed E-state index contributed by atoms with van der Waals surface area (Å²) in [6.07, 6.45) is 6.81. The predicted molar refractivity (Wildman–Crippen MR) is 101 cm³/mol. The van der Waals surface area contributed by atoms with Crippen molar-refractivity contribution >= 4 is 17.6 Å². The van der Waals surface area contributed by atoms with Crippen molar-refractivity contribution in [3.63, 3.8) is 0 Å². The Morgan fingerprint density at radius 1 is 1.33 bits per heavy atom. The van der Waals surface area contributed by atoms with Gasteiger partial charge in [-0.3, -0.25) is 4.79 Å². The van der Waals surface area contributed by atoms with Crippen molar-refractivity contribution in [2.45, 2.75) is 51.2 Å². The van der Waals surface area contributed by atoms with E-state index in [0.29, 0.717) is 38.2 Å². The molecule has 4 rings (SSSR count). The normalized spacial score (nSPS) is 20.3. The number of aromatic nitrogens is 2. The number of rotatable bonds is 4. The van der Waals surface area contributed by atoms with Crippen LogP contribution in [0.4, 0.5) is 4.79 Å². The topological polar surface area (TPSA) is 67.2 Å². The number of amides is 2. The van der Waals surface area contributed by atoms with Gasteiger partial charge in [-0.25, -0.2) is 9.78 Å². The van der Waals surface area contributed by atoms with Crippen molar-refractivity contribution < 1.29 is 14.3 Å². The van der Waals surface area contributed by atoms with Crippen LogP contribution in [0.2, 0.25) is 0 Å². The number of carbonyl (C=O) groups excluding carboxylic acids is 2. The molecular formula is C20H26N4O3. The molecule has 2 aromatic heterocycles. The molecule has 2 aliphatic rings. The zero-order valence-electron chi connectivity index (χ0n) is 15.9. The second-order valence-corrected chi connectivity index (χ2v) is 7.70. The maximum Gasteiger partial charge on any atom is 0.410 e. The number of carbonyl (C=O) groups is 2. The first kappa shape index (κ1) is 17.8. The Morgan fingerprint density at radius 3 is 2.81 bits per heavy atom. The highest BCUT2D eigenvalue weighted by Gasteiger charge is 2.48. The number of likely N-dealkylation sites (tertiary alicyclic amines) is 1. The van der Waals surface area contributed by atoms with Crippen LogP contribution in [0.15, 0.2) is 30.6 Å². The van der Waals surface area contributed by atoms with Crippen LogP contribution in [0.1, 0.15) is 50.0 Å². The Bertz CT molecular complexity index is 821. The summed E-state index contributed by atoms with van der Waals surface area (Å²) in [5.74, 6) is -0.0610. The van der Waals surface area contributed by atoms with E-state index in [4.69, 9.17) is 4.74 Å². The average molecular weight is 370 g/mol. The number of nitrogens with zero attached hydrogens (tertiary/aromatic N) is 4. The highest BCUT2D eigenvalue weighted by molar-refractivity contribution is 5.93. The molecule has 0 N–H and O–H groups in total. The van der Waals surface area contributed by atoms with E-state index >= 15 is 0 Å². The van der Waals surface area contributed by atoms with Crippen molar-refractivity contribution in [2.75, 3.05) is 19.6 Å². The molecule has 2 amide bonds. The van der Waals surface area contributed by atoms with Gasteiger partial charge in [0.25, 0.3) is 5.91 Å². The van der Waals surface area contributed by atoms with Crippen LogP contribution in [0, 0.1) is 0 Å². The quantitative estimate of drug-likeness (QED) is 0.830. The second-order valence-electron chi connectivity index (χ2n) is 7.70. The first-order chi connectivity index (χ1) is 13.0. The van der Waals surface area contributed by atoms with Crippen LogP contribution >= 0.6 is 0 Å². The van der Waals surface area contributed by atoms with Crippen molar-refractivity contribution in [1.82, 2.24) is 19.2 Å². The fourth-order valence-electron chi connectivity index (χ4n) is 4.14. The molecule has 144 valence electrons. The lowest BCUT2D eigenvalue weighted by molar-refractivity contribution is 0.00291. The van der Waals surface area contributed by atoms with Crippen LogP contribution in [0.5, 0.6) is 0 Å². The molecule has 0 saturated carbocycles. The van der Waals surface area contributed by atoms with E-state index in [1.165, 1.54) is 0 Å². The van der Waals surface area contributed by atoms with E-state index in [0.717, 1.165) is 18.5 Å². The molecule has 2 aromatic rings. The van der Waals surface area contributed by atoms with Crippen molar-refractivity contribution in [3.8, 4) is 0 Å². The maximum absolute atomic E-state index is 12.8. The van der Waals surface area contributed by atoms with Crippen molar-refractivity contribution in [2.24, 2.45) is 0 Å². The number of piperidine rings is 1. The van der Waals surface area contributed by atoms with Gasteiger partial charge in [0.2, 0.25) is 0 Å². The lowest BCUT2D eigenvalue weighted by Crippen LogP contribution is -2.49. The average Bonchev–Trinajstić information content (AvgIpc) is 3.23. The summed E-state index contributed by atoms with van der Waals surface area (Å²) in [5.41, 5.74) is 0.771. The molecule has 2 saturated heterocycles. The third kappa shape index (κ3) is 3.26. The largest absolute Gasteiger partial charge is 0.441 e. The van der Waals surface area contributed by atoms with E-state index in [1.54, 1.807) is 6.20 Å². The fraction of sp³-hybridized carbons (Fsp3) is 0.550. The van der Waals surface area contributed by atoms with Gasteiger partial charge in [0.1, 0.15) is 16.9 Å². The molecule has 0 aliphatic carbocycles. The Kier molecular flexibility index (Phi) is 4.53. The zero-order valence-corrected chi connectivity index (χ0v) is 15.9. The van der Waals surface area contributed by atoms with Crippen LogP contribution in [-0.2, 0) is 4.74 Å². The monoisotopic (exact) mass is 370 g/mol. The minimum absolute atomic E-state index is 0.0610. The zero-order chi connectivity index (χ0) is 19.0. The lowest BCUT2D eigenvalue weighted by Gasteiger charge is -2.37. The lowest BCUT2D eigenvalue weighted by atomic mass is 9.91. The maximum atomic E-state index is 12.8. The second kappa shape index (κ2) is 6.87. The van der Waals surface area contributed by atoms with Gasteiger partial charge < -0.3 is 18.9 Å². The van der Waals surface area contributed by atoms with E-state index in [1.807, 2.05) is 38.6 Å². The minimum atomic E-state index is -0.450. The van der Waals surface area contributed by atoms with Crippen LogP contribution in [0.25, 0.3) is 5.65 Å². The number of pyridine rings is 1. The summed E-state index contributed by atoms with van der Waals surface area (Å²) in [4.78, 5) is 33.2. The third-order valence-corrected chi connectivity index (χ3v) is 5.78. The Labute approximate surface area is 158 Å². The van der Waals surface area contributed by atoms with Crippen molar-refractivity contribution in [1.29, 1.82) is 0 Å². The molecule has 0 radical (unpaired) electrons. The number of hydrogen-bond donors (Lipinski definition) is 0. The number of imidazole rings is 1. The van der Waals surface area contributed by atoms with Gasteiger partial charge >= 0.3 is 6.09 Å². The molecule has 7 heteroatoms. The van der Waals surface area contributed by atoms with E-state index in [-0.39, 0.29) is 18.0 Å². The summed E-state index contributed by atoms with van der Waals surface area (Å²) < 4.78 is 7.63. The first-order valence-corrected chi connectivity index (χ1v) is 9.74. The summed E-state index contributed by atoms with van der Waals surface area (Å²) in [7, 11) is 0. The molecule has 1 atom stereocenters. The highest BCUT2D eigenvalue weighted by atomic mass is 16.6. The van der Waals surface area contributed by atoms with Gasteiger partial charge in [0, 0.05) is 44.4 Å². The Balaban J connectivity index is 1.41. The molecule has 2 aliphatic heterocycles. The SMILES string of the molecule is CCCC(C)N1CC2(CCN(C(=O)c3cn4ccccc4n3)CC2)OC1=O. The number of ether oxygens (including phenoxy) is 1. The van der Waals surface area contributed by atoms with E-state index in [9.17, 15) is 9.59 Å². The van der Waals surface area contributed by atoms with Crippen LogP contribution < -0.4 is 0 Å². The molecule has 0 aromatic carbocycles. The summed E-state index contributed by atoms with van der Waals surface area (Å²) >= 11 is 0. The van der Waals surface area contributed by atoms with Gasteiger partial charge in [0.05, 0.1) is 6.54 Å². The van der Waals surface area contributed by atoms with Gasteiger partial charge in [-0.05, 0) is 25.5 Å². The van der Waals surface area contributed by atoms with Gasteiger partial charge in [-0.2, -0.15) is 0 Å². The highest BCUT2D eigenvalue weighted by Crippen LogP contribution is 2.35. The molecule has 1 unspecified atom stereocenters. The molecular weight excluding hydrogens is 344 g/mol. The summed E-state index contributed by atoms with van der Waals surface area (Å²) in [5, 5.41) is 0. The van der Waals surface area contributed by atoms with E-state index in [2.05, 4.69) is 18.8 Å². The summed E-state index contributed by atoms with van der Waals surface area (Å²) in [6, 6.07) is 5.89. The molecule has 4 heterocycles. The van der Waals surface area contributed by atoms with Crippen LogP contribution in [0.3, 0.4) is 0 Å². The predicted octanol–water partition coefficient (Wildman–Crippen LogP) is 2.95. The van der Waals surface area contributed by atoms with Gasteiger partial charge in [0.15, 0.2) is 0 Å². The minimum Gasteiger partial charge on any atom is -0.441 e. The van der Waals surface area contributed by atoms with Crippen molar-refractivity contribution in [3.05, 3.63) is 36.3 Å². The fourth-order valence-corrected chi connectivity index (χ4v) is 4.14. The third-order valence-electron chi connectivity index (χ3n) is 5.78. The van der Waals surface area contributed by atoms with Gasteiger partial charge in [-0.15, -0.1) is 0 Å². The molecule has 7 nitrogen and oxygen atoms in total. The van der Waals surface area contributed by atoms with Crippen LogP contribution in [-0.4, -0.2) is 62.5 Å². The molecule has 27 heavy (non-hydrogen) atoms.